The molecule has 0 aliphatic carbocycles. The Kier molecular flexibility index (Phi) is 13.7. The largest absolute Gasteiger partial charge is 1.00 e. The molecule has 0 unspecified atom stereocenters. The molecular formula is C16H28BrNO. The second kappa shape index (κ2) is 14.0. The fourth-order valence-electron chi connectivity index (χ4n) is 2.23. The minimum absolute atomic E-state index is 0. The summed E-state index contributed by atoms with van der Waals surface area (Å²) < 4.78 is 2.26. The molecule has 0 bridgehead atoms. The number of hydrogen-bond donors (Lipinski definition) is 1. The Hall–Kier alpha value is -0.410. The van der Waals surface area contributed by atoms with E-state index in [2.05, 4.69) is 35.2 Å². The van der Waals surface area contributed by atoms with Crippen molar-refractivity contribution in [3.8, 4) is 0 Å². The molecular weight excluding hydrogens is 302 g/mol. The van der Waals surface area contributed by atoms with E-state index in [1.165, 1.54) is 51.4 Å². The number of aliphatic hydroxyl groups is 1. The van der Waals surface area contributed by atoms with Crippen molar-refractivity contribution in [2.24, 2.45) is 0 Å². The third-order valence-electron chi connectivity index (χ3n) is 3.35. The number of unbranched alkanes of at least 4 members (excludes halogenated alkanes) is 8. The van der Waals surface area contributed by atoms with Crippen LogP contribution < -0.4 is 21.5 Å². The van der Waals surface area contributed by atoms with Crippen molar-refractivity contribution in [2.75, 3.05) is 6.61 Å². The van der Waals surface area contributed by atoms with Crippen LogP contribution in [0.15, 0.2) is 30.6 Å². The van der Waals surface area contributed by atoms with Crippen LogP contribution in [0.5, 0.6) is 0 Å². The van der Waals surface area contributed by atoms with Crippen molar-refractivity contribution < 1.29 is 26.7 Å². The van der Waals surface area contributed by atoms with Crippen molar-refractivity contribution in [3.63, 3.8) is 0 Å². The molecule has 3 heteroatoms. The van der Waals surface area contributed by atoms with E-state index in [9.17, 15) is 0 Å². The fourth-order valence-corrected chi connectivity index (χ4v) is 2.23. The zero-order valence-electron chi connectivity index (χ0n) is 11.9. The first-order valence-corrected chi connectivity index (χ1v) is 7.48. The van der Waals surface area contributed by atoms with E-state index in [4.69, 9.17) is 5.11 Å². The quantitative estimate of drug-likeness (QED) is 0.463. The Bertz CT molecular complexity index is 279. The van der Waals surface area contributed by atoms with Crippen molar-refractivity contribution in [3.05, 3.63) is 30.6 Å². The van der Waals surface area contributed by atoms with Crippen LogP contribution in [0.2, 0.25) is 0 Å². The fraction of sp³-hybridized carbons (Fsp3) is 0.688. The number of hydrogen-bond acceptors (Lipinski definition) is 1. The molecule has 110 valence electrons. The SMILES string of the molecule is OCCCCCCCCCCC[n+]1ccccc1.[Br-]. The Labute approximate surface area is 128 Å². The lowest BCUT2D eigenvalue weighted by Gasteiger charge is -2.01. The molecule has 0 amide bonds. The molecule has 0 spiro atoms. The van der Waals surface area contributed by atoms with Crippen molar-refractivity contribution in [2.45, 2.75) is 64.3 Å². The highest BCUT2D eigenvalue weighted by Crippen LogP contribution is 2.09. The molecule has 0 atom stereocenters. The minimum Gasteiger partial charge on any atom is -1.00 e. The third kappa shape index (κ3) is 11.1. The van der Waals surface area contributed by atoms with Gasteiger partial charge in [-0.3, -0.25) is 0 Å². The van der Waals surface area contributed by atoms with E-state index < -0.39 is 0 Å². The van der Waals surface area contributed by atoms with Crippen LogP contribution >= 0.6 is 0 Å². The molecule has 2 nitrogen and oxygen atoms in total. The molecule has 1 N–H and O–H groups in total. The number of aryl methyl sites for hydroxylation is 1. The molecule has 0 fully saturated rings. The predicted octanol–water partition coefficient (Wildman–Crippen LogP) is 0.481. The maximum Gasteiger partial charge on any atom is 0.168 e. The smallest absolute Gasteiger partial charge is 0.168 e. The summed E-state index contributed by atoms with van der Waals surface area (Å²) in [7, 11) is 0. The van der Waals surface area contributed by atoms with Crippen molar-refractivity contribution in [1.82, 2.24) is 0 Å². The Morgan fingerprint density at radius 1 is 0.632 bits per heavy atom. The summed E-state index contributed by atoms with van der Waals surface area (Å²) in [6, 6.07) is 6.24. The van der Waals surface area contributed by atoms with E-state index in [1.54, 1.807) is 0 Å². The number of aromatic nitrogens is 1. The van der Waals surface area contributed by atoms with E-state index in [0.29, 0.717) is 6.61 Å². The highest BCUT2D eigenvalue weighted by atomic mass is 79.9. The zero-order chi connectivity index (χ0) is 12.9. The number of aliphatic hydroxyl groups excluding tert-OH is 1. The molecule has 0 saturated heterocycles. The highest BCUT2D eigenvalue weighted by molar-refractivity contribution is 4.83. The molecule has 0 radical (unpaired) electrons. The summed E-state index contributed by atoms with van der Waals surface area (Å²) >= 11 is 0. The third-order valence-corrected chi connectivity index (χ3v) is 3.35. The predicted molar refractivity (Wildman–Crippen MR) is 75.3 cm³/mol. The first kappa shape index (κ1) is 18.6. The van der Waals surface area contributed by atoms with Crippen molar-refractivity contribution in [1.29, 1.82) is 0 Å². The van der Waals surface area contributed by atoms with Crippen LogP contribution in [0.1, 0.15) is 57.8 Å². The standard InChI is InChI=1S/C16H28NO.BrH/c18-16-12-7-5-3-1-2-4-6-9-13-17-14-10-8-11-15-17;/h8,10-11,14-15,18H,1-7,9,12-13,16H2;1H/q+1;/p-1. The summed E-state index contributed by atoms with van der Waals surface area (Å²) in [5.41, 5.74) is 0. The van der Waals surface area contributed by atoms with Gasteiger partial charge in [0, 0.05) is 25.2 Å². The molecule has 0 aliphatic heterocycles. The monoisotopic (exact) mass is 329 g/mol. The average molecular weight is 330 g/mol. The first-order chi connectivity index (χ1) is 8.93. The lowest BCUT2D eigenvalue weighted by molar-refractivity contribution is -0.697. The van der Waals surface area contributed by atoms with Gasteiger partial charge in [-0.2, -0.15) is 0 Å². The van der Waals surface area contributed by atoms with Gasteiger partial charge in [0.25, 0.3) is 0 Å². The van der Waals surface area contributed by atoms with Gasteiger partial charge in [-0.15, -0.1) is 0 Å². The number of nitrogens with zero attached hydrogens (tertiary/aromatic N) is 1. The van der Waals surface area contributed by atoms with Gasteiger partial charge < -0.3 is 22.1 Å². The summed E-state index contributed by atoms with van der Waals surface area (Å²) in [5, 5.41) is 8.66. The Morgan fingerprint density at radius 2 is 1.11 bits per heavy atom. The van der Waals surface area contributed by atoms with Crippen LogP contribution in [0.3, 0.4) is 0 Å². The van der Waals surface area contributed by atoms with Gasteiger partial charge in [-0.25, -0.2) is 4.57 Å². The molecule has 19 heavy (non-hydrogen) atoms. The minimum atomic E-state index is 0. The maximum absolute atomic E-state index is 8.66. The second-order valence-electron chi connectivity index (χ2n) is 5.02. The van der Waals surface area contributed by atoms with E-state index in [0.717, 1.165) is 13.0 Å². The molecule has 1 aromatic heterocycles. The Balaban J connectivity index is 0.00000324. The normalized spacial score (nSPS) is 10.2. The van der Waals surface area contributed by atoms with Gasteiger partial charge in [0.1, 0.15) is 6.54 Å². The van der Waals surface area contributed by atoms with Gasteiger partial charge >= 0.3 is 0 Å². The van der Waals surface area contributed by atoms with E-state index in [-0.39, 0.29) is 17.0 Å². The number of pyridine rings is 1. The van der Waals surface area contributed by atoms with Crippen molar-refractivity contribution >= 4 is 0 Å². The van der Waals surface area contributed by atoms with E-state index >= 15 is 0 Å². The summed E-state index contributed by atoms with van der Waals surface area (Å²) in [6.45, 7) is 1.51. The molecule has 0 aliphatic rings. The maximum atomic E-state index is 8.66. The van der Waals surface area contributed by atoms with E-state index in [1.807, 2.05) is 0 Å². The molecule has 0 aromatic carbocycles. The Morgan fingerprint density at radius 3 is 1.63 bits per heavy atom. The number of halogens is 1. The topological polar surface area (TPSA) is 24.1 Å². The first-order valence-electron chi connectivity index (χ1n) is 7.48. The molecule has 1 aromatic rings. The van der Waals surface area contributed by atoms with Crippen LogP contribution in [0, 0.1) is 0 Å². The number of rotatable bonds is 11. The van der Waals surface area contributed by atoms with Gasteiger partial charge in [0.05, 0.1) is 0 Å². The lowest BCUT2D eigenvalue weighted by atomic mass is 10.1. The van der Waals surface area contributed by atoms with Crippen LogP contribution in [0.25, 0.3) is 0 Å². The summed E-state index contributed by atoms with van der Waals surface area (Å²) in [4.78, 5) is 0. The lowest BCUT2D eigenvalue weighted by Crippen LogP contribution is -3.00. The van der Waals surface area contributed by atoms with Crippen LogP contribution in [0.4, 0.5) is 0 Å². The average Bonchev–Trinajstić information content (AvgIpc) is 2.42. The van der Waals surface area contributed by atoms with Gasteiger partial charge in [0.15, 0.2) is 12.4 Å². The van der Waals surface area contributed by atoms with Gasteiger partial charge in [-0.1, -0.05) is 44.6 Å². The van der Waals surface area contributed by atoms with Gasteiger partial charge in [-0.05, 0) is 12.8 Å². The molecule has 0 saturated carbocycles. The summed E-state index contributed by atoms with van der Waals surface area (Å²) in [5.74, 6) is 0. The molecule has 1 heterocycles. The van der Waals surface area contributed by atoms with Crippen LogP contribution in [-0.2, 0) is 6.54 Å². The van der Waals surface area contributed by atoms with Crippen LogP contribution in [-0.4, -0.2) is 11.7 Å². The second-order valence-corrected chi connectivity index (χ2v) is 5.02. The zero-order valence-corrected chi connectivity index (χ0v) is 13.5. The highest BCUT2D eigenvalue weighted by Gasteiger charge is 1.97. The molecule has 1 rings (SSSR count). The van der Waals surface area contributed by atoms with Gasteiger partial charge in [0.2, 0.25) is 0 Å². The summed E-state index contributed by atoms with van der Waals surface area (Å²) in [6.07, 6.45) is 15.8.